The molecule has 0 rings (SSSR count). The van der Waals surface area contributed by atoms with Gasteiger partial charge in [-0.15, -0.1) is 0 Å². The minimum Gasteiger partial charge on any atom is -0.467 e. The van der Waals surface area contributed by atoms with Gasteiger partial charge in [0.1, 0.15) is 5.78 Å². The second-order valence-corrected chi connectivity index (χ2v) is 3.10. The molecule has 0 heterocycles. The molecular weight excluding hydrogens is 341 g/mol. The Kier molecular flexibility index (Phi) is 7.76. The van der Waals surface area contributed by atoms with Crippen molar-refractivity contribution in [3.05, 3.63) is 7.05 Å². The summed E-state index contributed by atoms with van der Waals surface area (Å²) in [5.74, 6) is 0.192. The number of nitrogens with one attached hydrogen (secondary N) is 1. The zero-order valence-electron chi connectivity index (χ0n) is 6.90. The van der Waals surface area contributed by atoms with Crippen LogP contribution in [-0.4, -0.2) is 12.3 Å². The summed E-state index contributed by atoms with van der Waals surface area (Å²) in [5, 5.41) is 2.57. The normalized spacial score (nSPS) is 10.4. The monoisotopic (exact) mass is 355 g/mol. The summed E-state index contributed by atoms with van der Waals surface area (Å²) in [7, 11) is 3.37. The van der Waals surface area contributed by atoms with Crippen molar-refractivity contribution in [3.8, 4) is 0 Å². The first-order valence-corrected chi connectivity index (χ1v) is 3.01. The average molecular weight is 355 g/mol. The van der Waals surface area contributed by atoms with E-state index >= 15 is 0 Å². The van der Waals surface area contributed by atoms with Crippen molar-refractivity contribution >= 4 is 5.78 Å². The van der Waals surface area contributed by atoms with Gasteiger partial charge in [0.25, 0.3) is 0 Å². The maximum absolute atomic E-state index is 11.0. The number of rotatable bonds is 2. The topological polar surface area (TPSA) is 29.1 Å². The van der Waals surface area contributed by atoms with Crippen LogP contribution in [0.5, 0.6) is 0 Å². The SMILES string of the molecule is [Ac].[CH2-]NCC(=O)C(C)(C)C. The molecule has 0 bridgehead atoms. The number of ketones is 1. The Bertz CT molecular complexity index is 107. The molecule has 0 aliphatic heterocycles. The molecule has 2 nitrogen and oxygen atoms in total. The predicted octanol–water partition coefficient (Wildman–Crippen LogP) is 0.983. The van der Waals surface area contributed by atoms with Gasteiger partial charge in [-0.3, -0.25) is 11.8 Å². The quantitative estimate of drug-likeness (QED) is 0.749. The van der Waals surface area contributed by atoms with Crippen LogP contribution in [0.2, 0.25) is 0 Å². The first-order valence-electron chi connectivity index (χ1n) is 3.01. The fourth-order valence-electron chi connectivity index (χ4n) is 0.379. The van der Waals surface area contributed by atoms with Crippen LogP contribution >= 0.6 is 0 Å². The molecule has 0 aromatic carbocycles. The number of carbonyl (C=O) groups excluding carboxylic acids is 1. The molecule has 0 spiro atoms. The Morgan fingerprint density at radius 2 is 1.90 bits per heavy atom. The molecule has 3 heteroatoms. The van der Waals surface area contributed by atoms with Gasteiger partial charge in [0.2, 0.25) is 0 Å². The Balaban J connectivity index is 0. The smallest absolute Gasteiger partial charge is 0.149 e. The zero-order chi connectivity index (χ0) is 7.49. The van der Waals surface area contributed by atoms with E-state index in [1.807, 2.05) is 20.8 Å². The van der Waals surface area contributed by atoms with E-state index in [2.05, 4.69) is 12.4 Å². The molecule has 0 saturated heterocycles. The minimum atomic E-state index is -0.231. The number of Topliss-reactive ketones (excluding diaryl/α,β-unsaturated/α-hetero) is 1. The van der Waals surface area contributed by atoms with Crippen molar-refractivity contribution in [1.29, 1.82) is 0 Å². The van der Waals surface area contributed by atoms with Crippen LogP contribution in [0.3, 0.4) is 0 Å². The van der Waals surface area contributed by atoms with Gasteiger partial charge >= 0.3 is 0 Å². The summed E-state index contributed by atoms with van der Waals surface area (Å²) in [6.07, 6.45) is 0. The van der Waals surface area contributed by atoms with Crippen molar-refractivity contribution in [1.82, 2.24) is 5.32 Å². The van der Waals surface area contributed by atoms with Gasteiger partial charge in [-0.25, -0.2) is 0 Å². The summed E-state index contributed by atoms with van der Waals surface area (Å²) >= 11 is 0. The van der Waals surface area contributed by atoms with Crippen LogP contribution < -0.4 is 5.32 Å². The summed E-state index contributed by atoms with van der Waals surface area (Å²) in [5.41, 5.74) is -0.231. The molecule has 10 heavy (non-hydrogen) atoms. The first kappa shape index (κ1) is 13.6. The third-order valence-electron chi connectivity index (χ3n) is 1.12. The fraction of sp³-hybridized carbons (Fsp3) is 0.714. The molecule has 0 unspecified atom stereocenters. The van der Waals surface area contributed by atoms with Crippen LogP contribution in [0.1, 0.15) is 20.8 Å². The van der Waals surface area contributed by atoms with E-state index in [1.54, 1.807) is 0 Å². The van der Waals surface area contributed by atoms with Crippen LogP contribution in [0.15, 0.2) is 0 Å². The van der Waals surface area contributed by atoms with Gasteiger partial charge in [0.05, 0.1) is 0 Å². The molecule has 0 amide bonds. The zero-order valence-corrected chi connectivity index (χ0v) is 11.6. The molecule has 0 atom stereocenters. The Morgan fingerprint density at radius 3 is 2.00 bits per heavy atom. The fourth-order valence-corrected chi connectivity index (χ4v) is 0.379. The van der Waals surface area contributed by atoms with Gasteiger partial charge in [-0.05, 0) is 0 Å². The van der Waals surface area contributed by atoms with Gasteiger partial charge < -0.3 is 5.32 Å². The van der Waals surface area contributed by atoms with Crippen molar-refractivity contribution < 1.29 is 48.9 Å². The average Bonchev–Trinajstić information content (AvgIpc) is 1.64. The molecule has 0 aromatic rings. The first-order chi connectivity index (χ1) is 3.98. The third kappa shape index (κ3) is 5.83. The van der Waals surface area contributed by atoms with Gasteiger partial charge in [-0.2, -0.15) is 0 Å². The third-order valence-corrected chi connectivity index (χ3v) is 1.12. The second-order valence-electron chi connectivity index (χ2n) is 3.10. The van der Waals surface area contributed by atoms with Crippen molar-refractivity contribution in [3.63, 3.8) is 0 Å². The predicted molar refractivity (Wildman–Crippen MR) is 37.8 cm³/mol. The Labute approximate surface area is 98.7 Å². The van der Waals surface area contributed by atoms with E-state index in [4.69, 9.17) is 0 Å². The molecular formula is C7H14AcNO-. The molecule has 1 N–H and O–H groups in total. The van der Waals surface area contributed by atoms with E-state index in [0.29, 0.717) is 6.54 Å². The van der Waals surface area contributed by atoms with Crippen molar-refractivity contribution in [2.24, 2.45) is 5.41 Å². The second kappa shape index (κ2) is 5.69. The Morgan fingerprint density at radius 1 is 1.50 bits per heavy atom. The molecule has 57 valence electrons. The molecule has 0 saturated carbocycles. The molecule has 0 aliphatic carbocycles. The largest absolute Gasteiger partial charge is 0.467 e. The molecule has 0 aliphatic rings. The van der Waals surface area contributed by atoms with Crippen LogP contribution in [0.25, 0.3) is 0 Å². The van der Waals surface area contributed by atoms with E-state index in [1.165, 1.54) is 0 Å². The van der Waals surface area contributed by atoms with E-state index < -0.39 is 0 Å². The van der Waals surface area contributed by atoms with Gasteiger partial charge in [0.15, 0.2) is 0 Å². The summed E-state index contributed by atoms with van der Waals surface area (Å²) in [6.45, 7) is 6.05. The van der Waals surface area contributed by atoms with E-state index in [9.17, 15) is 4.79 Å². The van der Waals surface area contributed by atoms with E-state index in [0.717, 1.165) is 0 Å². The van der Waals surface area contributed by atoms with Gasteiger partial charge in [0, 0.05) is 56.0 Å². The maximum atomic E-state index is 11.0. The molecule has 0 aromatic heterocycles. The summed E-state index contributed by atoms with van der Waals surface area (Å²) in [4.78, 5) is 11.0. The number of carbonyl (C=O) groups is 1. The van der Waals surface area contributed by atoms with E-state index in [-0.39, 0.29) is 55.3 Å². The molecule has 0 fully saturated rings. The minimum absolute atomic E-state index is 0. The van der Waals surface area contributed by atoms with Gasteiger partial charge in [-0.1, -0.05) is 20.8 Å². The summed E-state index contributed by atoms with van der Waals surface area (Å²) in [6, 6.07) is 0. The van der Waals surface area contributed by atoms with Crippen molar-refractivity contribution in [2.75, 3.05) is 6.54 Å². The Hall–Kier alpha value is 1.07. The maximum Gasteiger partial charge on any atom is 0.149 e. The summed E-state index contributed by atoms with van der Waals surface area (Å²) < 4.78 is 0. The van der Waals surface area contributed by atoms with Crippen LogP contribution in [0, 0.1) is 56.5 Å². The molecule has 1 radical (unpaired) electrons. The van der Waals surface area contributed by atoms with Crippen molar-refractivity contribution in [2.45, 2.75) is 20.8 Å². The number of hydrogen-bond acceptors (Lipinski definition) is 2. The van der Waals surface area contributed by atoms with Crippen LogP contribution in [-0.2, 0) is 4.79 Å². The van der Waals surface area contributed by atoms with Crippen LogP contribution in [0.4, 0.5) is 0 Å². The number of hydrogen-bond donors (Lipinski definition) is 1. The standard InChI is InChI=1S/C7H14NO.Ac/c1-7(2,3)6(9)5-8-4;/h8H,4-5H2,1-3H3;/q-1;.